The summed E-state index contributed by atoms with van der Waals surface area (Å²) in [6.07, 6.45) is 0. The minimum absolute atomic E-state index is 0.546. The topological polar surface area (TPSA) is 12.5 Å². The standard InChI is InChI=1S/C11H15NO/c1-9(2)12-7-8-13-11-6-4-3-5-10(11)12/h3-6,9H,7-8H2,1-2H3. The smallest absolute Gasteiger partial charge is 0.142 e. The van der Waals surface area contributed by atoms with Crippen molar-refractivity contribution in [2.45, 2.75) is 19.9 Å². The van der Waals surface area contributed by atoms with Gasteiger partial charge in [0, 0.05) is 6.04 Å². The van der Waals surface area contributed by atoms with E-state index < -0.39 is 0 Å². The molecule has 0 spiro atoms. The molecule has 1 aliphatic heterocycles. The largest absolute Gasteiger partial charge is 0.490 e. The fourth-order valence-electron chi connectivity index (χ4n) is 1.73. The molecule has 2 nitrogen and oxygen atoms in total. The number of hydrogen-bond acceptors (Lipinski definition) is 2. The number of nitrogens with zero attached hydrogens (tertiary/aromatic N) is 1. The minimum atomic E-state index is 0.546. The van der Waals surface area contributed by atoms with Crippen molar-refractivity contribution < 1.29 is 4.74 Å². The van der Waals surface area contributed by atoms with E-state index in [1.807, 2.05) is 12.1 Å². The number of ether oxygens (including phenoxy) is 1. The van der Waals surface area contributed by atoms with Crippen LogP contribution in [0, 0.1) is 0 Å². The maximum atomic E-state index is 5.56. The Bertz CT molecular complexity index is 296. The van der Waals surface area contributed by atoms with Crippen molar-refractivity contribution in [1.82, 2.24) is 0 Å². The highest BCUT2D eigenvalue weighted by Gasteiger charge is 2.18. The number of rotatable bonds is 1. The zero-order valence-corrected chi connectivity index (χ0v) is 8.16. The zero-order valence-electron chi connectivity index (χ0n) is 8.16. The van der Waals surface area contributed by atoms with Crippen molar-refractivity contribution in [3.63, 3.8) is 0 Å². The van der Waals surface area contributed by atoms with E-state index in [2.05, 4.69) is 30.9 Å². The highest BCUT2D eigenvalue weighted by atomic mass is 16.5. The third-order valence-corrected chi connectivity index (χ3v) is 2.39. The highest BCUT2D eigenvalue weighted by Crippen LogP contribution is 2.31. The Balaban J connectivity index is 2.37. The summed E-state index contributed by atoms with van der Waals surface area (Å²) in [7, 11) is 0. The molecule has 1 heterocycles. The molecule has 0 saturated carbocycles. The Hall–Kier alpha value is -1.18. The van der Waals surface area contributed by atoms with E-state index in [9.17, 15) is 0 Å². The number of fused-ring (bicyclic) bond motifs is 1. The summed E-state index contributed by atoms with van der Waals surface area (Å²) in [5.41, 5.74) is 1.23. The monoisotopic (exact) mass is 177 g/mol. The van der Waals surface area contributed by atoms with E-state index in [0.29, 0.717) is 6.04 Å². The molecule has 0 unspecified atom stereocenters. The number of hydrogen-bond donors (Lipinski definition) is 0. The third kappa shape index (κ3) is 1.48. The van der Waals surface area contributed by atoms with Crippen molar-refractivity contribution in [3.8, 4) is 5.75 Å². The molecule has 0 aromatic heterocycles. The van der Waals surface area contributed by atoms with Gasteiger partial charge < -0.3 is 9.64 Å². The van der Waals surface area contributed by atoms with Crippen LogP contribution in [0.2, 0.25) is 0 Å². The first kappa shape index (κ1) is 8.42. The van der Waals surface area contributed by atoms with Gasteiger partial charge in [-0.15, -0.1) is 0 Å². The van der Waals surface area contributed by atoms with Gasteiger partial charge in [-0.05, 0) is 26.0 Å². The van der Waals surface area contributed by atoms with Gasteiger partial charge in [0.05, 0.1) is 12.2 Å². The van der Waals surface area contributed by atoms with Gasteiger partial charge in [-0.1, -0.05) is 12.1 Å². The van der Waals surface area contributed by atoms with Crippen molar-refractivity contribution >= 4 is 5.69 Å². The van der Waals surface area contributed by atoms with Gasteiger partial charge in [0.2, 0.25) is 0 Å². The predicted octanol–water partition coefficient (Wildman–Crippen LogP) is 2.29. The molecule has 0 radical (unpaired) electrons. The summed E-state index contributed by atoms with van der Waals surface area (Å²) in [4.78, 5) is 2.37. The fraction of sp³-hybridized carbons (Fsp3) is 0.455. The second-order valence-electron chi connectivity index (χ2n) is 3.60. The molecule has 1 aliphatic rings. The molecule has 0 fully saturated rings. The Morgan fingerprint density at radius 3 is 2.85 bits per heavy atom. The van der Waals surface area contributed by atoms with Gasteiger partial charge >= 0.3 is 0 Å². The average molecular weight is 177 g/mol. The van der Waals surface area contributed by atoms with Crippen LogP contribution in [-0.2, 0) is 0 Å². The fourth-order valence-corrected chi connectivity index (χ4v) is 1.73. The van der Waals surface area contributed by atoms with E-state index in [-0.39, 0.29) is 0 Å². The van der Waals surface area contributed by atoms with Crippen LogP contribution in [0.25, 0.3) is 0 Å². The van der Waals surface area contributed by atoms with Crippen LogP contribution >= 0.6 is 0 Å². The molecule has 0 saturated heterocycles. The molecule has 13 heavy (non-hydrogen) atoms. The van der Waals surface area contributed by atoms with Crippen molar-refractivity contribution in [2.75, 3.05) is 18.1 Å². The van der Waals surface area contributed by atoms with Gasteiger partial charge in [0.1, 0.15) is 12.4 Å². The maximum Gasteiger partial charge on any atom is 0.142 e. The van der Waals surface area contributed by atoms with Crippen molar-refractivity contribution in [3.05, 3.63) is 24.3 Å². The molecule has 0 N–H and O–H groups in total. The molecular formula is C11H15NO. The Kier molecular flexibility index (Phi) is 2.13. The van der Waals surface area contributed by atoms with Gasteiger partial charge in [-0.2, -0.15) is 0 Å². The molecule has 0 amide bonds. The Morgan fingerprint density at radius 1 is 1.31 bits per heavy atom. The molecule has 70 valence electrons. The maximum absolute atomic E-state index is 5.56. The summed E-state index contributed by atoms with van der Waals surface area (Å²) < 4.78 is 5.56. The van der Waals surface area contributed by atoms with E-state index in [1.165, 1.54) is 5.69 Å². The molecular weight excluding hydrogens is 162 g/mol. The summed E-state index contributed by atoms with van der Waals surface area (Å²) in [5.74, 6) is 1.02. The van der Waals surface area contributed by atoms with Crippen molar-refractivity contribution in [1.29, 1.82) is 0 Å². The van der Waals surface area contributed by atoms with Crippen LogP contribution < -0.4 is 9.64 Å². The van der Waals surface area contributed by atoms with Gasteiger partial charge in [-0.25, -0.2) is 0 Å². The highest BCUT2D eigenvalue weighted by molar-refractivity contribution is 5.60. The van der Waals surface area contributed by atoms with Crippen LogP contribution in [0.1, 0.15) is 13.8 Å². The lowest BCUT2D eigenvalue weighted by Crippen LogP contribution is -2.37. The minimum Gasteiger partial charge on any atom is -0.490 e. The first-order valence-electron chi connectivity index (χ1n) is 4.77. The Morgan fingerprint density at radius 2 is 2.08 bits per heavy atom. The van der Waals surface area contributed by atoms with Crippen LogP contribution in [0.15, 0.2) is 24.3 Å². The van der Waals surface area contributed by atoms with E-state index in [4.69, 9.17) is 4.74 Å². The number of para-hydroxylation sites is 2. The summed E-state index contributed by atoms with van der Waals surface area (Å²) in [5, 5.41) is 0. The molecule has 2 heteroatoms. The molecule has 2 rings (SSSR count). The predicted molar refractivity (Wildman–Crippen MR) is 54.4 cm³/mol. The van der Waals surface area contributed by atoms with Gasteiger partial charge in [-0.3, -0.25) is 0 Å². The molecule has 1 aromatic rings. The zero-order chi connectivity index (χ0) is 9.26. The first-order chi connectivity index (χ1) is 6.29. The second-order valence-corrected chi connectivity index (χ2v) is 3.60. The lowest BCUT2D eigenvalue weighted by atomic mass is 10.2. The number of anilines is 1. The number of benzene rings is 1. The molecule has 0 bridgehead atoms. The first-order valence-corrected chi connectivity index (χ1v) is 4.77. The summed E-state index contributed by atoms with van der Waals surface area (Å²) in [6, 6.07) is 8.77. The van der Waals surface area contributed by atoms with Crippen molar-refractivity contribution in [2.24, 2.45) is 0 Å². The van der Waals surface area contributed by atoms with Crippen LogP contribution in [0.5, 0.6) is 5.75 Å². The SMILES string of the molecule is CC(C)N1CCOc2ccccc21. The van der Waals surface area contributed by atoms with Crippen LogP contribution in [0.3, 0.4) is 0 Å². The average Bonchev–Trinajstić information content (AvgIpc) is 2.17. The third-order valence-electron chi connectivity index (χ3n) is 2.39. The summed E-state index contributed by atoms with van der Waals surface area (Å²) >= 11 is 0. The second kappa shape index (κ2) is 3.29. The van der Waals surface area contributed by atoms with Gasteiger partial charge in [0.15, 0.2) is 0 Å². The van der Waals surface area contributed by atoms with Gasteiger partial charge in [0.25, 0.3) is 0 Å². The molecule has 0 aliphatic carbocycles. The van der Waals surface area contributed by atoms with E-state index >= 15 is 0 Å². The van der Waals surface area contributed by atoms with E-state index in [0.717, 1.165) is 18.9 Å². The molecule has 1 aromatic carbocycles. The lowest BCUT2D eigenvalue weighted by molar-refractivity contribution is 0.303. The van der Waals surface area contributed by atoms with Crippen LogP contribution in [0.4, 0.5) is 5.69 Å². The normalized spacial score (nSPS) is 15.5. The van der Waals surface area contributed by atoms with E-state index in [1.54, 1.807) is 0 Å². The Labute approximate surface area is 79.1 Å². The van der Waals surface area contributed by atoms with Crippen LogP contribution in [-0.4, -0.2) is 19.2 Å². The summed E-state index contributed by atoms with van der Waals surface area (Å²) in [6.45, 7) is 6.22. The molecule has 0 atom stereocenters. The lowest BCUT2D eigenvalue weighted by Gasteiger charge is -2.34. The quantitative estimate of drug-likeness (QED) is 0.652.